The number of rotatable bonds is 3. The molecule has 3 N–H and O–H groups in total. The zero-order valence-electron chi connectivity index (χ0n) is 12.3. The number of aromatic nitrogens is 2. The maximum Gasteiger partial charge on any atom is 0.280 e. The second kappa shape index (κ2) is 5.36. The van der Waals surface area contributed by atoms with Gasteiger partial charge in [0, 0.05) is 12.7 Å². The van der Waals surface area contributed by atoms with Gasteiger partial charge in [-0.2, -0.15) is 5.10 Å². The van der Waals surface area contributed by atoms with Gasteiger partial charge in [-0.15, -0.1) is 0 Å². The predicted molar refractivity (Wildman–Crippen MR) is 81.0 cm³/mol. The van der Waals surface area contributed by atoms with Crippen LogP contribution in [0.3, 0.4) is 0 Å². The minimum atomic E-state index is -0.212. The third-order valence-corrected chi connectivity index (χ3v) is 3.31. The van der Waals surface area contributed by atoms with Gasteiger partial charge >= 0.3 is 0 Å². The lowest BCUT2D eigenvalue weighted by Gasteiger charge is -2.17. The summed E-state index contributed by atoms with van der Waals surface area (Å²) in [6.07, 6.45) is 0. The standard InChI is InChI=1S/C15H20N4O/c1-9(2)13-12(16)14(18-17-13)15(20)19(4)11-7-5-6-10(3)8-11/h5-9H,16H2,1-4H3,(H,17,18). The van der Waals surface area contributed by atoms with Crippen LogP contribution in [-0.4, -0.2) is 23.2 Å². The first kappa shape index (κ1) is 14.1. The number of carbonyl (C=O) groups excluding carboxylic acids is 1. The van der Waals surface area contributed by atoms with Crippen molar-refractivity contribution in [3.05, 3.63) is 41.2 Å². The summed E-state index contributed by atoms with van der Waals surface area (Å²) >= 11 is 0. The normalized spacial score (nSPS) is 10.8. The summed E-state index contributed by atoms with van der Waals surface area (Å²) in [5, 5.41) is 6.91. The summed E-state index contributed by atoms with van der Waals surface area (Å²) in [4.78, 5) is 14.0. The molecule has 0 radical (unpaired) electrons. The Morgan fingerprint density at radius 1 is 1.40 bits per heavy atom. The number of carbonyl (C=O) groups is 1. The van der Waals surface area contributed by atoms with E-state index in [2.05, 4.69) is 10.2 Å². The van der Waals surface area contributed by atoms with Gasteiger partial charge in [0.05, 0.1) is 11.4 Å². The zero-order chi connectivity index (χ0) is 14.9. The molecule has 0 aliphatic carbocycles. The number of benzene rings is 1. The van der Waals surface area contributed by atoms with Gasteiger partial charge in [-0.1, -0.05) is 26.0 Å². The van der Waals surface area contributed by atoms with Crippen molar-refractivity contribution >= 4 is 17.3 Å². The highest BCUT2D eigenvalue weighted by Gasteiger charge is 2.22. The average molecular weight is 272 g/mol. The minimum absolute atomic E-state index is 0.202. The Bertz CT molecular complexity index is 631. The Morgan fingerprint density at radius 2 is 2.10 bits per heavy atom. The Balaban J connectivity index is 2.32. The van der Waals surface area contributed by atoms with E-state index in [0.717, 1.165) is 16.9 Å². The van der Waals surface area contributed by atoms with Crippen LogP contribution < -0.4 is 10.6 Å². The third-order valence-electron chi connectivity index (χ3n) is 3.31. The number of nitrogens with zero attached hydrogens (tertiary/aromatic N) is 2. The molecule has 1 heterocycles. The fourth-order valence-corrected chi connectivity index (χ4v) is 2.08. The van der Waals surface area contributed by atoms with Crippen LogP contribution in [-0.2, 0) is 0 Å². The number of nitrogen functional groups attached to an aromatic ring is 1. The first-order valence-corrected chi connectivity index (χ1v) is 6.60. The summed E-state index contributed by atoms with van der Waals surface area (Å²) in [6.45, 7) is 5.99. The first-order valence-electron chi connectivity index (χ1n) is 6.60. The van der Waals surface area contributed by atoms with Crippen LogP contribution in [0.1, 0.15) is 41.5 Å². The van der Waals surface area contributed by atoms with Crippen molar-refractivity contribution in [1.82, 2.24) is 10.2 Å². The van der Waals surface area contributed by atoms with Gasteiger partial charge in [-0.05, 0) is 30.5 Å². The lowest BCUT2D eigenvalue weighted by molar-refractivity contribution is 0.0989. The van der Waals surface area contributed by atoms with Gasteiger partial charge in [-0.3, -0.25) is 9.89 Å². The molecule has 0 atom stereocenters. The molecule has 1 aromatic carbocycles. The largest absolute Gasteiger partial charge is 0.395 e. The van der Waals surface area contributed by atoms with E-state index in [1.54, 1.807) is 11.9 Å². The van der Waals surface area contributed by atoms with E-state index in [-0.39, 0.29) is 17.5 Å². The van der Waals surface area contributed by atoms with Crippen molar-refractivity contribution < 1.29 is 4.79 Å². The van der Waals surface area contributed by atoms with Crippen molar-refractivity contribution in [3.8, 4) is 0 Å². The molecule has 0 unspecified atom stereocenters. The number of amides is 1. The molecule has 106 valence electrons. The van der Waals surface area contributed by atoms with E-state index in [0.29, 0.717) is 5.69 Å². The van der Waals surface area contributed by atoms with Crippen LogP contribution >= 0.6 is 0 Å². The molecular weight excluding hydrogens is 252 g/mol. The van der Waals surface area contributed by atoms with Gasteiger partial charge in [0.15, 0.2) is 5.69 Å². The number of H-pyrrole nitrogens is 1. The number of hydrogen-bond donors (Lipinski definition) is 2. The lowest BCUT2D eigenvalue weighted by atomic mass is 10.1. The van der Waals surface area contributed by atoms with Crippen LogP contribution in [0.15, 0.2) is 24.3 Å². The molecular formula is C15H20N4O. The van der Waals surface area contributed by atoms with E-state index in [9.17, 15) is 4.79 Å². The number of nitrogens with two attached hydrogens (primary N) is 1. The molecule has 0 spiro atoms. The summed E-state index contributed by atoms with van der Waals surface area (Å²) in [5.41, 5.74) is 9.44. The van der Waals surface area contributed by atoms with Crippen LogP contribution in [0.5, 0.6) is 0 Å². The van der Waals surface area contributed by atoms with Crippen LogP contribution in [0.4, 0.5) is 11.4 Å². The summed E-state index contributed by atoms with van der Waals surface area (Å²) < 4.78 is 0. The smallest absolute Gasteiger partial charge is 0.280 e. The van der Waals surface area contributed by atoms with E-state index in [1.165, 1.54) is 0 Å². The Labute approximate surface area is 118 Å². The number of aromatic amines is 1. The fourth-order valence-electron chi connectivity index (χ4n) is 2.08. The molecule has 20 heavy (non-hydrogen) atoms. The zero-order valence-corrected chi connectivity index (χ0v) is 12.3. The molecule has 1 amide bonds. The molecule has 5 nitrogen and oxygen atoms in total. The third kappa shape index (κ3) is 2.52. The molecule has 0 fully saturated rings. The van der Waals surface area contributed by atoms with Gasteiger partial charge in [0.25, 0.3) is 5.91 Å². The highest BCUT2D eigenvalue weighted by Crippen LogP contribution is 2.24. The summed E-state index contributed by atoms with van der Waals surface area (Å²) in [7, 11) is 1.72. The molecule has 2 aromatic rings. The minimum Gasteiger partial charge on any atom is -0.395 e. The summed E-state index contributed by atoms with van der Waals surface area (Å²) in [5.74, 6) is -0.00965. The second-order valence-corrected chi connectivity index (χ2v) is 5.26. The maximum absolute atomic E-state index is 12.5. The van der Waals surface area contributed by atoms with E-state index >= 15 is 0 Å². The van der Waals surface area contributed by atoms with Crippen molar-refractivity contribution in [2.75, 3.05) is 17.7 Å². The topological polar surface area (TPSA) is 75.0 Å². The molecule has 1 aromatic heterocycles. The average Bonchev–Trinajstić information content (AvgIpc) is 2.79. The number of aryl methyl sites for hydroxylation is 1. The Morgan fingerprint density at radius 3 is 2.65 bits per heavy atom. The van der Waals surface area contributed by atoms with Gasteiger partial charge in [0.2, 0.25) is 0 Å². The quantitative estimate of drug-likeness (QED) is 0.902. The van der Waals surface area contributed by atoms with Crippen molar-refractivity contribution in [3.63, 3.8) is 0 Å². The van der Waals surface area contributed by atoms with Crippen LogP contribution in [0, 0.1) is 6.92 Å². The molecule has 5 heteroatoms. The van der Waals surface area contributed by atoms with E-state index in [4.69, 9.17) is 5.73 Å². The molecule has 0 aliphatic rings. The molecule has 0 bridgehead atoms. The van der Waals surface area contributed by atoms with Gasteiger partial charge in [0.1, 0.15) is 0 Å². The molecule has 0 saturated carbocycles. The number of hydrogen-bond acceptors (Lipinski definition) is 3. The van der Waals surface area contributed by atoms with E-state index < -0.39 is 0 Å². The second-order valence-electron chi connectivity index (χ2n) is 5.26. The lowest BCUT2D eigenvalue weighted by Crippen LogP contribution is -2.27. The molecule has 0 saturated heterocycles. The Kier molecular flexibility index (Phi) is 3.79. The maximum atomic E-state index is 12.5. The van der Waals surface area contributed by atoms with Crippen molar-refractivity contribution in [1.29, 1.82) is 0 Å². The van der Waals surface area contributed by atoms with Crippen LogP contribution in [0.2, 0.25) is 0 Å². The monoisotopic (exact) mass is 272 g/mol. The van der Waals surface area contributed by atoms with Gasteiger partial charge in [-0.25, -0.2) is 0 Å². The number of nitrogens with one attached hydrogen (secondary N) is 1. The SMILES string of the molecule is Cc1cccc(N(C)C(=O)c2n[nH]c(C(C)C)c2N)c1. The number of anilines is 2. The predicted octanol–water partition coefficient (Wildman–Crippen LogP) is 2.70. The van der Waals surface area contributed by atoms with Crippen molar-refractivity contribution in [2.24, 2.45) is 0 Å². The highest BCUT2D eigenvalue weighted by molar-refractivity contribution is 6.07. The fraction of sp³-hybridized carbons (Fsp3) is 0.333. The molecule has 2 rings (SSSR count). The van der Waals surface area contributed by atoms with Gasteiger partial charge < -0.3 is 10.6 Å². The van der Waals surface area contributed by atoms with E-state index in [1.807, 2.05) is 45.0 Å². The molecule has 0 aliphatic heterocycles. The Hall–Kier alpha value is -2.30. The van der Waals surface area contributed by atoms with Crippen molar-refractivity contribution in [2.45, 2.75) is 26.7 Å². The highest BCUT2D eigenvalue weighted by atomic mass is 16.2. The van der Waals surface area contributed by atoms with Crippen LogP contribution in [0.25, 0.3) is 0 Å². The first-order chi connectivity index (χ1) is 9.41. The summed E-state index contributed by atoms with van der Waals surface area (Å²) in [6, 6.07) is 7.74.